The molecule has 0 heterocycles. The maximum Gasteiger partial charge on any atom is 0.331 e. The van der Waals surface area contributed by atoms with Crippen LogP contribution in [0.2, 0.25) is 0 Å². The molecule has 0 aliphatic carbocycles. The third-order valence-electron chi connectivity index (χ3n) is 3.17. The van der Waals surface area contributed by atoms with Crippen LogP contribution in [-0.2, 0) is 14.3 Å². The van der Waals surface area contributed by atoms with Crippen molar-refractivity contribution in [2.45, 2.75) is 79.2 Å². The van der Waals surface area contributed by atoms with E-state index in [0.29, 0.717) is 12.3 Å². The van der Waals surface area contributed by atoms with Gasteiger partial charge in [0.25, 0.3) is 0 Å². The number of carbonyl (C=O) groups is 2. The van der Waals surface area contributed by atoms with Crippen LogP contribution in [0.15, 0.2) is 23.3 Å². The highest BCUT2D eigenvalue weighted by Gasteiger charge is 2.14. The van der Waals surface area contributed by atoms with E-state index >= 15 is 0 Å². The van der Waals surface area contributed by atoms with Gasteiger partial charge < -0.3 is 9.53 Å². The molecule has 0 radical (unpaired) electrons. The van der Waals surface area contributed by atoms with E-state index < -0.39 is 5.60 Å². The van der Waals surface area contributed by atoms with E-state index in [0.717, 1.165) is 37.5 Å². The Morgan fingerprint density at radius 3 is 2.32 bits per heavy atom. The third-order valence-corrected chi connectivity index (χ3v) is 3.17. The molecule has 1 atom stereocenters. The Labute approximate surface area is 135 Å². The molecule has 0 rings (SSSR count). The second-order valence-electron chi connectivity index (χ2n) is 7.17. The summed E-state index contributed by atoms with van der Waals surface area (Å²) >= 11 is 0. The van der Waals surface area contributed by atoms with Gasteiger partial charge in [0.2, 0.25) is 0 Å². The number of carbonyl (C=O) groups excluding carboxylic acids is 2. The molecule has 0 saturated heterocycles. The fraction of sp³-hybridized carbons (Fsp3) is 0.684. The first-order valence-corrected chi connectivity index (χ1v) is 8.16. The highest BCUT2D eigenvalue weighted by atomic mass is 16.6. The van der Waals surface area contributed by atoms with Crippen LogP contribution in [-0.4, -0.2) is 17.9 Å². The SMILES string of the molecule is CC(=C\C(=O)OC(C)(C)C)/C=C(\C)CC(C)CCCCC=O. The predicted molar refractivity (Wildman–Crippen MR) is 91.7 cm³/mol. The van der Waals surface area contributed by atoms with Gasteiger partial charge in [-0.25, -0.2) is 4.79 Å². The van der Waals surface area contributed by atoms with Crippen molar-refractivity contribution in [2.24, 2.45) is 5.92 Å². The molecule has 0 aromatic heterocycles. The van der Waals surface area contributed by atoms with Gasteiger partial charge in [-0.3, -0.25) is 0 Å². The lowest BCUT2D eigenvalue weighted by Crippen LogP contribution is -2.22. The minimum Gasteiger partial charge on any atom is -0.457 e. The molecule has 0 N–H and O–H groups in total. The molecular formula is C19H32O3. The molecule has 0 aliphatic heterocycles. The summed E-state index contributed by atoms with van der Waals surface area (Å²) in [6.07, 6.45) is 9.47. The first-order chi connectivity index (χ1) is 10.1. The Morgan fingerprint density at radius 1 is 1.14 bits per heavy atom. The largest absolute Gasteiger partial charge is 0.457 e. The number of ether oxygens (including phenoxy) is 1. The molecule has 0 aromatic rings. The van der Waals surface area contributed by atoms with Gasteiger partial charge in [0.15, 0.2) is 0 Å². The topological polar surface area (TPSA) is 43.4 Å². The maximum absolute atomic E-state index is 11.7. The number of allylic oxidation sites excluding steroid dienone is 3. The zero-order chi connectivity index (χ0) is 17.2. The minimum absolute atomic E-state index is 0.295. The molecule has 22 heavy (non-hydrogen) atoms. The van der Waals surface area contributed by atoms with Gasteiger partial charge in [-0.05, 0) is 59.0 Å². The third kappa shape index (κ3) is 12.4. The van der Waals surface area contributed by atoms with Crippen LogP contribution in [0.5, 0.6) is 0 Å². The second kappa shape index (κ2) is 10.4. The number of hydrogen-bond donors (Lipinski definition) is 0. The summed E-state index contributed by atoms with van der Waals surface area (Å²) in [7, 11) is 0. The van der Waals surface area contributed by atoms with Crippen molar-refractivity contribution in [2.75, 3.05) is 0 Å². The first kappa shape index (κ1) is 20.6. The zero-order valence-corrected chi connectivity index (χ0v) is 15.1. The summed E-state index contributed by atoms with van der Waals surface area (Å²) in [6.45, 7) is 11.8. The molecule has 0 bridgehead atoms. The van der Waals surface area contributed by atoms with Crippen molar-refractivity contribution in [3.05, 3.63) is 23.3 Å². The van der Waals surface area contributed by atoms with E-state index in [9.17, 15) is 9.59 Å². The maximum atomic E-state index is 11.7. The number of esters is 1. The summed E-state index contributed by atoms with van der Waals surface area (Å²) < 4.78 is 5.27. The Kier molecular flexibility index (Phi) is 9.71. The van der Waals surface area contributed by atoms with Crippen molar-refractivity contribution < 1.29 is 14.3 Å². The molecule has 0 aromatic carbocycles. The highest BCUT2D eigenvalue weighted by molar-refractivity contribution is 5.83. The van der Waals surface area contributed by atoms with Crippen molar-refractivity contribution in [1.29, 1.82) is 0 Å². The Hall–Kier alpha value is -1.38. The highest BCUT2D eigenvalue weighted by Crippen LogP contribution is 2.19. The van der Waals surface area contributed by atoms with E-state index in [1.54, 1.807) is 6.08 Å². The second-order valence-corrected chi connectivity index (χ2v) is 7.17. The fourth-order valence-electron chi connectivity index (χ4n) is 2.38. The predicted octanol–water partition coefficient (Wildman–Crippen LogP) is 5.01. The molecule has 0 spiro atoms. The minimum atomic E-state index is -0.456. The molecule has 3 nitrogen and oxygen atoms in total. The van der Waals surface area contributed by atoms with E-state index in [-0.39, 0.29) is 5.97 Å². The number of unbranched alkanes of at least 4 members (excludes halogenated alkanes) is 2. The van der Waals surface area contributed by atoms with Gasteiger partial charge in [-0.1, -0.05) is 31.4 Å². The average Bonchev–Trinajstić information content (AvgIpc) is 2.31. The summed E-state index contributed by atoms with van der Waals surface area (Å²) in [4.78, 5) is 22.0. The van der Waals surface area contributed by atoms with Crippen LogP contribution in [0.25, 0.3) is 0 Å². The molecule has 1 unspecified atom stereocenters. The molecule has 0 saturated carbocycles. The molecule has 0 amide bonds. The molecule has 126 valence electrons. The van der Waals surface area contributed by atoms with Crippen molar-refractivity contribution in [3.8, 4) is 0 Å². The van der Waals surface area contributed by atoms with Gasteiger partial charge in [0.1, 0.15) is 11.9 Å². The van der Waals surface area contributed by atoms with Crippen LogP contribution >= 0.6 is 0 Å². The van der Waals surface area contributed by atoms with E-state index in [1.165, 1.54) is 5.57 Å². The summed E-state index contributed by atoms with van der Waals surface area (Å²) in [6, 6.07) is 0. The van der Waals surface area contributed by atoms with Gasteiger partial charge >= 0.3 is 5.97 Å². The van der Waals surface area contributed by atoms with E-state index in [4.69, 9.17) is 4.74 Å². The Bertz CT molecular complexity index is 411. The van der Waals surface area contributed by atoms with Crippen LogP contribution < -0.4 is 0 Å². The Morgan fingerprint density at radius 2 is 1.77 bits per heavy atom. The normalized spacial score (nSPS) is 14.6. The number of aldehydes is 1. The Balaban J connectivity index is 4.33. The summed E-state index contributed by atoms with van der Waals surface area (Å²) in [5, 5.41) is 0. The van der Waals surface area contributed by atoms with Crippen LogP contribution in [0.4, 0.5) is 0 Å². The van der Waals surface area contributed by atoms with Crippen LogP contribution in [0.3, 0.4) is 0 Å². The number of rotatable bonds is 9. The van der Waals surface area contributed by atoms with Crippen molar-refractivity contribution >= 4 is 12.3 Å². The summed E-state index contributed by atoms with van der Waals surface area (Å²) in [5.41, 5.74) is 1.72. The molecule has 0 aliphatic rings. The number of hydrogen-bond acceptors (Lipinski definition) is 3. The summed E-state index contributed by atoms with van der Waals surface area (Å²) in [5.74, 6) is 0.299. The standard InChI is InChI=1S/C19H32O3/c1-15(10-8-7-9-11-20)12-16(2)13-17(3)14-18(21)22-19(4,5)6/h11,13-15H,7-10,12H2,1-6H3/b16-13+,17-14+. The average molecular weight is 308 g/mol. The smallest absolute Gasteiger partial charge is 0.331 e. The monoisotopic (exact) mass is 308 g/mol. The first-order valence-electron chi connectivity index (χ1n) is 8.16. The lowest BCUT2D eigenvalue weighted by molar-refractivity contribution is -0.148. The molecule has 0 fully saturated rings. The lowest BCUT2D eigenvalue weighted by Gasteiger charge is -2.18. The van der Waals surface area contributed by atoms with Crippen molar-refractivity contribution in [3.63, 3.8) is 0 Å². The lowest BCUT2D eigenvalue weighted by atomic mass is 9.95. The van der Waals surface area contributed by atoms with Gasteiger partial charge in [0, 0.05) is 12.5 Å². The van der Waals surface area contributed by atoms with Crippen LogP contribution in [0.1, 0.15) is 73.6 Å². The zero-order valence-electron chi connectivity index (χ0n) is 15.1. The molecule has 3 heteroatoms. The van der Waals surface area contributed by atoms with Gasteiger partial charge in [0.05, 0.1) is 0 Å². The van der Waals surface area contributed by atoms with Gasteiger partial charge in [-0.15, -0.1) is 0 Å². The molecular weight excluding hydrogens is 276 g/mol. The van der Waals surface area contributed by atoms with E-state index in [1.807, 2.05) is 33.8 Å². The van der Waals surface area contributed by atoms with Crippen LogP contribution in [0, 0.1) is 5.92 Å². The quantitative estimate of drug-likeness (QED) is 0.198. The fourth-order valence-corrected chi connectivity index (χ4v) is 2.38. The van der Waals surface area contributed by atoms with E-state index in [2.05, 4.69) is 13.8 Å². The van der Waals surface area contributed by atoms with Gasteiger partial charge in [-0.2, -0.15) is 0 Å². The van der Waals surface area contributed by atoms with Crippen molar-refractivity contribution in [1.82, 2.24) is 0 Å².